The van der Waals surface area contributed by atoms with E-state index in [9.17, 15) is 13.2 Å². The molecule has 142 valence electrons. The first kappa shape index (κ1) is 18.0. The standard InChI is InChI=1S/C21H29NO3S/c23-20(14-26(24,25)8-4-7-15-5-2-1-3-6-15)22-21-18-10-16-9-17(12-18)13-19(21)11-16/h1-3,5-6,16-19,21H,4,7-14H2,(H,22,23). The second kappa shape index (κ2) is 7.34. The molecule has 1 aromatic carbocycles. The quantitative estimate of drug-likeness (QED) is 0.797. The molecule has 0 aromatic heterocycles. The topological polar surface area (TPSA) is 63.2 Å². The zero-order valence-electron chi connectivity index (χ0n) is 15.3. The Hall–Kier alpha value is -1.36. The van der Waals surface area contributed by atoms with E-state index in [0.717, 1.165) is 23.8 Å². The number of benzene rings is 1. The third kappa shape index (κ3) is 4.13. The van der Waals surface area contributed by atoms with Crippen LogP contribution in [0.4, 0.5) is 0 Å². The Balaban J connectivity index is 1.26. The van der Waals surface area contributed by atoms with Gasteiger partial charge in [0.25, 0.3) is 0 Å². The van der Waals surface area contributed by atoms with Crippen LogP contribution in [-0.4, -0.2) is 31.9 Å². The van der Waals surface area contributed by atoms with Gasteiger partial charge in [-0.2, -0.15) is 0 Å². The number of nitrogens with one attached hydrogen (secondary N) is 1. The molecule has 0 saturated heterocycles. The summed E-state index contributed by atoms with van der Waals surface area (Å²) in [5.41, 5.74) is 1.14. The number of hydrogen-bond donors (Lipinski definition) is 1. The van der Waals surface area contributed by atoms with E-state index in [-0.39, 0.29) is 23.5 Å². The number of carbonyl (C=O) groups excluding carboxylic acids is 1. The molecule has 4 aliphatic carbocycles. The van der Waals surface area contributed by atoms with Gasteiger partial charge in [-0.3, -0.25) is 4.79 Å². The highest BCUT2D eigenvalue weighted by molar-refractivity contribution is 7.92. The van der Waals surface area contributed by atoms with Gasteiger partial charge in [-0.15, -0.1) is 0 Å². The molecule has 4 fully saturated rings. The van der Waals surface area contributed by atoms with Crippen LogP contribution in [0, 0.1) is 23.7 Å². The van der Waals surface area contributed by atoms with E-state index in [4.69, 9.17) is 0 Å². The smallest absolute Gasteiger partial charge is 0.235 e. The summed E-state index contributed by atoms with van der Waals surface area (Å²) in [4.78, 5) is 12.4. The highest BCUT2D eigenvalue weighted by Crippen LogP contribution is 2.53. The largest absolute Gasteiger partial charge is 0.352 e. The molecule has 4 saturated carbocycles. The molecular weight excluding hydrogens is 346 g/mol. The molecule has 1 N–H and O–H groups in total. The second-order valence-electron chi connectivity index (χ2n) is 8.71. The summed E-state index contributed by atoms with van der Waals surface area (Å²) in [6, 6.07) is 10.1. The summed E-state index contributed by atoms with van der Waals surface area (Å²) < 4.78 is 24.6. The molecular formula is C21H29NO3S. The van der Waals surface area contributed by atoms with Gasteiger partial charge in [0, 0.05) is 6.04 Å². The minimum Gasteiger partial charge on any atom is -0.352 e. The molecule has 5 heteroatoms. The lowest BCUT2D eigenvalue weighted by molar-refractivity contribution is -0.122. The van der Waals surface area contributed by atoms with Crippen LogP contribution >= 0.6 is 0 Å². The maximum atomic E-state index is 12.4. The lowest BCUT2D eigenvalue weighted by Crippen LogP contribution is -2.56. The summed E-state index contributed by atoms with van der Waals surface area (Å²) in [6.45, 7) is 0. The Labute approximate surface area is 156 Å². The molecule has 0 atom stereocenters. The van der Waals surface area contributed by atoms with E-state index in [1.54, 1.807) is 0 Å². The van der Waals surface area contributed by atoms with Gasteiger partial charge in [-0.1, -0.05) is 30.3 Å². The second-order valence-corrected chi connectivity index (χ2v) is 10.9. The van der Waals surface area contributed by atoms with Crippen molar-refractivity contribution < 1.29 is 13.2 Å². The van der Waals surface area contributed by atoms with Crippen LogP contribution in [0.3, 0.4) is 0 Å². The van der Waals surface area contributed by atoms with Crippen molar-refractivity contribution in [2.75, 3.05) is 11.5 Å². The van der Waals surface area contributed by atoms with E-state index in [1.165, 1.54) is 32.1 Å². The molecule has 1 amide bonds. The Bertz CT molecular complexity index is 716. The third-order valence-electron chi connectivity index (χ3n) is 6.67. The van der Waals surface area contributed by atoms with Crippen molar-refractivity contribution in [3.63, 3.8) is 0 Å². The van der Waals surface area contributed by atoms with Crippen molar-refractivity contribution in [3.8, 4) is 0 Å². The fourth-order valence-corrected chi connectivity index (χ4v) is 7.01. The first-order valence-electron chi connectivity index (χ1n) is 10.0. The van der Waals surface area contributed by atoms with Gasteiger partial charge in [-0.05, 0) is 74.2 Å². The Morgan fingerprint density at radius 1 is 0.962 bits per heavy atom. The normalized spacial score (nSPS) is 32.5. The van der Waals surface area contributed by atoms with Gasteiger partial charge < -0.3 is 5.32 Å². The SMILES string of the molecule is O=C(CS(=O)(=O)CCCc1ccccc1)NC1C2CC3CC(C2)CC1C3. The fraction of sp³-hybridized carbons (Fsp3) is 0.667. The number of aryl methyl sites for hydroxylation is 1. The first-order chi connectivity index (χ1) is 12.5. The maximum Gasteiger partial charge on any atom is 0.235 e. The highest BCUT2D eigenvalue weighted by Gasteiger charge is 2.48. The van der Waals surface area contributed by atoms with Gasteiger partial charge in [0.05, 0.1) is 5.75 Å². The Morgan fingerprint density at radius 2 is 1.58 bits per heavy atom. The van der Waals surface area contributed by atoms with Crippen molar-refractivity contribution in [2.45, 2.75) is 51.0 Å². The number of carbonyl (C=O) groups is 1. The summed E-state index contributed by atoms with van der Waals surface area (Å²) in [5.74, 6) is 2.30. The molecule has 5 rings (SSSR count). The van der Waals surface area contributed by atoms with Crippen LogP contribution in [0.15, 0.2) is 30.3 Å². The van der Waals surface area contributed by atoms with Crippen molar-refractivity contribution in [3.05, 3.63) is 35.9 Å². The van der Waals surface area contributed by atoms with Crippen LogP contribution in [-0.2, 0) is 21.1 Å². The van der Waals surface area contributed by atoms with Gasteiger partial charge >= 0.3 is 0 Å². The monoisotopic (exact) mass is 375 g/mol. The molecule has 0 heterocycles. The predicted octanol–water partition coefficient (Wildman–Crippen LogP) is 2.97. The van der Waals surface area contributed by atoms with E-state index in [0.29, 0.717) is 18.3 Å². The Kier molecular flexibility index (Phi) is 5.09. The van der Waals surface area contributed by atoms with Gasteiger partial charge in [0.15, 0.2) is 9.84 Å². The minimum atomic E-state index is -3.34. The molecule has 0 spiro atoms. The van der Waals surface area contributed by atoms with E-state index >= 15 is 0 Å². The minimum absolute atomic E-state index is 0.0803. The van der Waals surface area contributed by atoms with Crippen LogP contribution < -0.4 is 5.32 Å². The molecule has 4 nitrogen and oxygen atoms in total. The zero-order valence-corrected chi connectivity index (χ0v) is 16.1. The molecule has 1 aromatic rings. The van der Waals surface area contributed by atoms with Crippen LogP contribution in [0.1, 0.15) is 44.1 Å². The highest BCUT2D eigenvalue weighted by atomic mass is 32.2. The maximum absolute atomic E-state index is 12.4. The summed E-state index contributed by atoms with van der Waals surface area (Å²) in [5, 5.41) is 3.11. The van der Waals surface area contributed by atoms with Crippen LogP contribution in [0.2, 0.25) is 0 Å². The molecule has 4 aliphatic rings. The lowest BCUT2D eigenvalue weighted by Gasteiger charge is -2.54. The summed E-state index contributed by atoms with van der Waals surface area (Å²) in [7, 11) is -3.34. The van der Waals surface area contributed by atoms with Crippen LogP contribution in [0.5, 0.6) is 0 Å². The first-order valence-corrected chi connectivity index (χ1v) is 11.8. The lowest BCUT2D eigenvalue weighted by atomic mass is 9.54. The van der Waals surface area contributed by atoms with Crippen molar-refractivity contribution in [1.29, 1.82) is 0 Å². The molecule has 0 aliphatic heterocycles. The molecule has 26 heavy (non-hydrogen) atoms. The zero-order chi connectivity index (χ0) is 18.1. The van der Waals surface area contributed by atoms with E-state index in [2.05, 4.69) is 5.32 Å². The van der Waals surface area contributed by atoms with Gasteiger partial charge in [0.1, 0.15) is 5.75 Å². The number of amides is 1. The van der Waals surface area contributed by atoms with Crippen molar-refractivity contribution in [2.24, 2.45) is 23.7 Å². The molecule has 4 bridgehead atoms. The van der Waals surface area contributed by atoms with Crippen molar-refractivity contribution >= 4 is 15.7 Å². The Morgan fingerprint density at radius 3 is 2.19 bits per heavy atom. The fourth-order valence-electron chi connectivity index (χ4n) is 5.80. The van der Waals surface area contributed by atoms with E-state index < -0.39 is 9.84 Å². The third-order valence-corrected chi connectivity index (χ3v) is 8.28. The predicted molar refractivity (Wildman–Crippen MR) is 102 cm³/mol. The van der Waals surface area contributed by atoms with Gasteiger partial charge in [0.2, 0.25) is 5.91 Å². The van der Waals surface area contributed by atoms with Gasteiger partial charge in [-0.25, -0.2) is 8.42 Å². The average molecular weight is 376 g/mol. The van der Waals surface area contributed by atoms with E-state index in [1.807, 2.05) is 30.3 Å². The number of sulfone groups is 1. The average Bonchev–Trinajstić information content (AvgIpc) is 2.58. The summed E-state index contributed by atoms with van der Waals surface area (Å²) in [6.07, 6.45) is 7.57. The summed E-state index contributed by atoms with van der Waals surface area (Å²) >= 11 is 0. The van der Waals surface area contributed by atoms with Crippen molar-refractivity contribution in [1.82, 2.24) is 5.32 Å². The molecule has 0 radical (unpaired) electrons. The molecule has 0 unspecified atom stereocenters. The number of rotatable bonds is 7. The number of hydrogen-bond acceptors (Lipinski definition) is 3. The van der Waals surface area contributed by atoms with Crippen LogP contribution in [0.25, 0.3) is 0 Å².